The standard InChI is InChI=1S/C16H25N3O.ClH/c1-12-6-5-9-18-15(12)11-19-16(20)14(17)10-13-7-3-2-4-8-13;/h5-6,9,13-14H,2-4,7-8,10-11,17H2,1H3,(H,19,20);1H. The van der Waals surface area contributed by atoms with E-state index in [1.54, 1.807) is 6.20 Å². The lowest BCUT2D eigenvalue weighted by Gasteiger charge is -2.24. The average Bonchev–Trinajstić information content (AvgIpc) is 2.47. The Kier molecular flexibility index (Phi) is 7.68. The molecule has 1 unspecified atom stereocenters. The van der Waals surface area contributed by atoms with Crippen molar-refractivity contribution in [1.29, 1.82) is 0 Å². The molecule has 1 aliphatic rings. The van der Waals surface area contributed by atoms with E-state index in [1.165, 1.54) is 32.1 Å². The molecular weight excluding hydrogens is 286 g/mol. The molecule has 1 aromatic rings. The van der Waals surface area contributed by atoms with Crippen LogP contribution in [0.1, 0.15) is 49.8 Å². The molecule has 3 N–H and O–H groups in total. The fourth-order valence-electron chi connectivity index (χ4n) is 2.89. The average molecular weight is 312 g/mol. The Bertz CT molecular complexity index is 447. The number of aryl methyl sites for hydroxylation is 1. The van der Waals surface area contributed by atoms with Crippen LogP contribution in [0.25, 0.3) is 0 Å². The molecule has 1 fully saturated rings. The van der Waals surface area contributed by atoms with Crippen molar-refractivity contribution in [2.75, 3.05) is 0 Å². The molecule has 21 heavy (non-hydrogen) atoms. The van der Waals surface area contributed by atoms with Crippen LogP contribution in [0, 0.1) is 12.8 Å². The fourth-order valence-corrected chi connectivity index (χ4v) is 2.89. The van der Waals surface area contributed by atoms with E-state index in [-0.39, 0.29) is 24.4 Å². The normalized spacial score (nSPS) is 16.9. The number of hydrogen-bond donors (Lipinski definition) is 2. The van der Waals surface area contributed by atoms with Gasteiger partial charge in [-0.25, -0.2) is 0 Å². The zero-order chi connectivity index (χ0) is 14.4. The third-order valence-corrected chi connectivity index (χ3v) is 4.20. The number of halogens is 1. The first kappa shape index (κ1) is 17.9. The van der Waals surface area contributed by atoms with E-state index in [4.69, 9.17) is 5.73 Å². The summed E-state index contributed by atoms with van der Waals surface area (Å²) in [6, 6.07) is 3.51. The Balaban J connectivity index is 0.00000220. The maximum atomic E-state index is 12.0. The van der Waals surface area contributed by atoms with Crippen LogP contribution in [0.2, 0.25) is 0 Å². The van der Waals surface area contributed by atoms with Crippen LogP contribution in [0.5, 0.6) is 0 Å². The fraction of sp³-hybridized carbons (Fsp3) is 0.625. The van der Waals surface area contributed by atoms with Gasteiger partial charge in [0.1, 0.15) is 0 Å². The van der Waals surface area contributed by atoms with E-state index in [9.17, 15) is 4.79 Å². The number of nitrogens with one attached hydrogen (secondary N) is 1. The van der Waals surface area contributed by atoms with Gasteiger partial charge in [-0.2, -0.15) is 0 Å². The van der Waals surface area contributed by atoms with E-state index in [2.05, 4.69) is 10.3 Å². The lowest BCUT2D eigenvalue weighted by Crippen LogP contribution is -2.41. The van der Waals surface area contributed by atoms with Gasteiger partial charge < -0.3 is 11.1 Å². The summed E-state index contributed by atoms with van der Waals surface area (Å²) < 4.78 is 0. The minimum atomic E-state index is -0.387. The van der Waals surface area contributed by atoms with Crippen LogP contribution in [0.4, 0.5) is 0 Å². The van der Waals surface area contributed by atoms with Crippen molar-refractivity contribution in [3.8, 4) is 0 Å². The number of hydrogen-bond acceptors (Lipinski definition) is 3. The largest absolute Gasteiger partial charge is 0.349 e. The molecule has 1 aromatic heterocycles. The van der Waals surface area contributed by atoms with E-state index >= 15 is 0 Å². The second kappa shape index (κ2) is 9.00. The number of aromatic nitrogens is 1. The van der Waals surface area contributed by atoms with Crippen LogP contribution in [-0.2, 0) is 11.3 Å². The van der Waals surface area contributed by atoms with Crippen LogP contribution in [0.15, 0.2) is 18.3 Å². The van der Waals surface area contributed by atoms with Gasteiger partial charge in [0.25, 0.3) is 0 Å². The number of carbonyl (C=O) groups excluding carboxylic acids is 1. The molecule has 0 aromatic carbocycles. The molecule has 0 saturated heterocycles. The van der Waals surface area contributed by atoms with E-state index in [1.807, 2.05) is 19.1 Å². The number of carbonyl (C=O) groups is 1. The molecule has 5 heteroatoms. The van der Waals surface area contributed by atoms with Crippen LogP contribution < -0.4 is 11.1 Å². The third kappa shape index (κ3) is 5.64. The summed E-state index contributed by atoms with van der Waals surface area (Å²) in [5.74, 6) is 0.571. The van der Waals surface area contributed by atoms with Gasteiger partial charge in [-0.1, -0.05) is 38.2 Å². The highest BCUT2D eigenvalue weighted by Gasteiger charge is 2.21. The van der Waals surface area contributed by atoms with Crippen molar-refractivity contribution in [3.05, 3.63) is 29.6 Å². The monoisotopic (exact) mass is 311 g/mol. The molecule has 1 atom stereocenters. The Labute approximate surface area is 133 Å². The number of rotatable bonds is 5. The molecule has 4 nitrogen and oxygen atoms in total. The van der Waals surface area contributed by atoms with Gasteiger partial charge in [-0.05, 0) is 30.9 Å². The third-order valence-electron chi connectivity index (χ3n) is 4.20. The van der Waals surface area contributed by atoms with E-state index in [0.29, 0.717) is 12.5 Å². The molecule has 1 amide bonds. The Morgan fingerprint density at radius 2 is 2.14 bits per heavy atom. The number of nitrogens with two attached hydrogens (primary N) is 1. The lowest BCUT2D eigenvalue weighted by molar-refractivity contribution is -0.123. The SMILES string of the molecule is Cc1cccnc1CNC(=O)C(N)CC1CCCCC1.Cl. The second-order valence-electron chi connectivity index (χ2n) is 5.83. The van der Waals surface area contributed by atoms with Gasteiger partial charge in [0.05, 0.1) is 18.3 Å². The molecule has 118 valence electrons. The Hall–Kier alpha value is -1.13. The summed E-state index contributed by atoms with van der Waals surface area (Å²) in [5.41, 5.74) is 8.02. The van der Waals surface area contributed by atoms with Crippen molar-refractivity contribution < 1.29 is 4.79 Å². The summed E-state index contributed by atoms with van der Waals surface area (Å²) >= 11 is 0. The number of pyridine rings is 1. The van der Waals surface area contributed by atoms with Crippen molar-refractivity contribution in [1.82, 2.24) is 10.3 Å². The first-order valence-electron chi connectivity index (χ1n) is 7.60. The van der Waals surface area contributed by atoms with Crippen molar-refractivity contribution >= 4 is 18.3 Å². The maximum absolute atomic E-state index is 12.0. The summed E-state index contributed by atoms with van der Waals surface area (Å²) in [4.78, 5) is 16.3. The van der Waals surface area contributed by atoms with Gasteiger partial charge in [0.15, 0.2) is 0 Å². The highest BCUT2D eigenvalue weighted by Crippen LogP contribution is 2.26. The first-order chi connectivity index (χ1) is 9.66. The molecule has 2 rings (SSSR count). The van der Waals surface area contributed by atoms with Gasteiger partial charge in [-0.15, -0.1) is 12.4 Å². The van der Waals surface area contributed by atoms with Crippen LogP contribution in [-0.4, -0.2) is 16.9 Å². The molecule has 1 heterocycles. The zero-order valence-corrected chi connectivity index (χ0v) is 13.5. The second-order valence-corrected chi connectivity index (χ2v) is 5.83. The zero-order valence-electron chi connectivity index (χ0n) is 12.7. The highest BCUT2D eigenvalue weighted by atomic mass is 35.5. The molecule has 1 saturated carbocycles. The molecule has 0 radical (unpaired) electrons. The Morgan fingerprint density at radius 3 is 2.81 bits per heavy atom. The van der Waals surface area contributed by atoms with Crippen molar-refractivity contribution in [2.45, 2.75) is 58.0 Å². The van der Waals surface area contributed by atoms with Gasteiger partial charge >= 0.3 is 0 Å². The molecule has 0 aliphatic heterocycles. The minimum absolute atomic E-state index is 0. The van der Waals surface area contributed by atoms with Gasteiger partial charge in [0.2, 0.25) is 5.91 Å². The van der Waals surface area contributed by atoms with Crippen LogP contribution in [0.3, 0.4) is 0 Å². The summed E-state index contributed by atoms with van der Waals surface area (Å²) in [6.07, 6.45) is 8.90. The lowest BCUT2D eigenvalue weighted by atomic mass is 9.85. The quantitative estimate of drug-likeness (QED) is 0.878. The smallest absolute Gasteiger partial charge is 0.237 e. The first-order valence-corrected chi connectivity index (χ1v) is 7.60. The van der Waals surface area contributed by atoms with Crippen molar-refractivity contribution in [2.24, 2.45) is 11.7 Å². The predicted molar refractivity (Wildman–Crippen MR) is 87.2 cm³/mol. The summed E-state index contributed by atoms with van der Waals surface area (Å²) in [6.45, 7) is 2.46. The summed E-state index contributed by atoms with van der Waals surface area (Å²) in [7, 11) is 0. The highest BCUT2D eigenvalue weighted by molar-refractivity contribution is 5.85. The van der Waals surface area contributed by atoms with E-state index in [0.717, 1.165) is 17.7 Å². The molecular formula is C16H26ClN3O. The topological polar surface area (TPSA) is 68.0 Å². The molecule has 0 spiro atoms. The summed E-state index contributed by atoms with van der Waals surface area (Å²) in [5, 5.41) is 2.90. The van der Waals surface area contributed by atoms with Crippen molar-refractivity contribution in [3.63, 3.8) is 0 Å². The van der Waals surface area contributed by atoms with Gasteiger partial charge in [-0.3, -0.25) is 9.78 Å². The van der Waals surface area contributed by atoms with Gasteiger partial charge in [0, 0.05) is 6.20 Å². The Morgan fingerprint density at radius 1 is 1.43 bits per heavy atom. The van der Waals surface area contributed by atoms with Crippen LogP contribution >= 0.6 is 12.4 Å². The van der Waals surface area contributed by atoms with E-state index < -0.39 is 0 Å². The molecule has 0 bridgehead atoms. The maximum Gasteiger partial charge on any atom is 0.237 e. The number of nitrogens with zero attached hydrogens (tertiary/aromatic N) is 1. The molecule has 1 aliphatic carbocycles. The predicted octanol–water partition coefficient (Wildman–Crippen LogP) is 2.73. The number of amides is 1. The minimum Gasteiger partial charge on any atom is -0.349 e.